The first-order valence-electron chi connectivity index (χ1n) is 12.4. The van der Waals surface area contributed by atoms with E-state index in [1.165, 1.54) is 36.2 Å². The number of hydrogen-bond donors (Lipinski definition) is 1. The highest BCUT2D eigenvalue weighted by molar-refractivity contribution is 5.70. The summed E-state index contributed by atoms with van der Waals surface area (Å²) in [6.07, 6.45) is 11.9. The maximum atomic E-state index is 12.7. The first-order valence-corrected chi connectivity index (χ1v) is 12.4. The molecule has 2 aromatic rings. The summed E-state index contributed by atoms with van der Waals surface area (Å²) in [5, 5.41) is 0. The van der Waals surface area contributed by atoms with Gasteiger partial charge in [-0.1, -0.05) is 50.8 Å². The van der Waals surface area contributed by atoms with Crippen LogP contribution >= 0.6 is 0 Å². The van der Waals surface area contributed by atoms with Gasteiger partial charge in [0.1, 0.15) is 0 Å². The number of rotatable bonds is 11. The summed E-state index contributed by atoms with van der Waals surface area (Å²) in [6, 6.07) is 8.83. The van der Waals surface area contributed by atoms with Crippen LogP contribution in [0, 0.1) is 0 Å². The Labute approximate surface area is 192 Å². The van der Waals surface area contributed by atoms with Crippen molar-refractivity contribution in [3.05, 3.63) is 47.5 Å². The van der Waals surface area contributed by atoms with Crippen molar-refractivity contribution in [3.8, 4) is 5.69 Å². The molecule has 0 aliphatic carbocycles. The molecule has 6 nitrogen and oxygen atoms in total. The highest BCUT2D eigenvalue weighted by Gasteiger charge is 2.30. The second-order valence-corrected chi connectivity index (χ2v) is 9.38. The third kappa shape index (κ3) is 5.59. The minimum Gasteiger partial charge on any atom is -0.466 e. The lowest BCUT2D eigenvalue weighted by Gasteiger charge is -2.27. The average Bonchev–Trinajstić information content (AvgIpc) is 3.42. The number of carbonyl (C=O) groups excluding carboxylic acids is 1. The normalized spacial score (nSPS) is 18.9. The number of esters is 1. The topological polar surface area (TPSA) is 73.4 Å². The number of fused-ring (bicyclic) bond motifs is 3. The third-order valence-electron chi connectivity index (χ3n) is 6.95. The highest BCUT2D eigenvalue weighted by atomic mass is 16.5. The molecular formula is C26H38N4O2. The molecule has 6 heteroatoms. The summed E-state index contributed by atoms with van der Waals surface area (Å²) in [5.74, 6) is -0.0932. The number of para-hydroxylation sites is 1. The molecule has 1 fully saturated rings. The van der Waals surface area contributed by atoms with Crippen LogP contribution in [0.1, 0.15) is 68.8 Å². The van der Waals surface area contributed by atoms with E-state index < -0.39 is 0 Å². The van der Waals surface area contributed by atoms with E-state index in [9.17, 15) is 4.79 Å². The van der Waals surface area contributed by atoms with Gasteiger partial charge in [0, 0.05) is 43.0 Å². The van der Waals surface area contributed by atoms with E-state index >= 15 is 0 Å². The second-order valence-electron chi connectivity index (χ2n) is 9.38. The van der Waals surface area contributed by atoms with E-state index in [-0.39, 0.29) is 18.1 Å². The van der Waals surface area contributed by atoms with Crippen molar-refractivity contribution in [1.29, 1.82) is 0 Å². The van der Waals surface area contributed by atoms with Crippen molar-refractivity contribution in [3.63, 3.8) is 0 Å². The third-order valence-corrected chi connectivity index (χ3v) is 6.95. The molecule has 1 saturated heterocycles. The Morgan fingerprint density at radius 3 is 2.88 bits per heavy atom. The monoisotopic (exact) mass is 438 g/mol. The molecule has 1 aromatic carbocycles. The molecule has 1 aromatic heterocycles. The van der Waals surface area contributed by atoms with Gasteiger partial charge in [-0.2, -0.15) is 0 Å². The number of nitrogens with two attached hydrogens (primary N) is 1. The largest absolute Gasteiger partial charge is 0.466 e. The summed E-state index contributed by atoms with van der Waals surface area (Å²) in [6.45, 7) is 4.52. The van der Waals surface area contributed by atoms with Gasteiger partial charge in [0.25, 0.3) is 0 Å². The maximum absolute atomic E-state index is 12.7. The molecule has 0 unspecified atom stereocenters. The molecule has 3 heterocycles. The lowest BCUT2D eigenvalue weighted by molar-refractivity contribution is -0.145. The fraction of sp³-hybridized carbons (Fsp3) is 0.615. The average molecular weight is 439 g/mol. The van der Waals surface area contributed by atoms with E-state index in [1.807, 2.05) is 6.33 Å². The predicted octanol–water partition coefficient (Wildman–Crippen LogP) is 3.82. The zero-order valence-electron chi connectivity index (χ0n) is 19.5. The van der Waals surface area contributed by atoms with Gasteiger partial charge in [0.15, 0.2) is 0 Å². The number of nitrogens with zero attached hydrogens (tertiary/aromatic N) is 3. The van der Waals surface area contributed by atoms with E-state index in [4.69, 9.17) is 15.5 Å². The molecule has 0 amide bonds. The van der Waals surface area contributed by atoms with Crippen LogP contribution in [0.2, 0.25) is 0 Å². The predicted molar refractivity (Wildman–Crippen MR) is 127 cm³/mol. The van der Waals surface area contributed by atoms with Gasteiger partial charge in [-0.15, -0.1) is 0 Å². The summed E-state index contributed by atoms with van der Waals surface area (Å²) in [5.41, 5.74) is 11.2. The fourth-order valence-electron chi connectivity index (χ4n) is 5.11. The number of aryl methyl sites for hydroxylation is 1. The number of ether oxygens (including phenoxy) is 1. The maximum Gasteiger partial charge on any atom is 0.307 e. The molecular weight excluding hydrogens is 400 g/mol. The van der Waals surface area contributed by atoms with Gasteiger partial charge in [-0.25, -0.2) is 4.98 Å². The number of likely N-dealkylation sites (tertiary alicyclic amines) is 1. The summed E-state index contributed by atoms with van der Waals surface area (Å²) < 4.78 is 7.83. The number of imidazole rings is 1. The zero-order chi connectivity index (χ0) is 22.3. The molecule has 0 saturated carbocycles. The summed E-state index contributed by atoms with van der Waals surface area (Å²) >= 11 is 0. The van der Waals surface area contributed by atoms with Crippen LogP contribution in [-0.4, -0.2) is 52.2 Å². The smallest absolute Gasteiger partial charge is 0.307 e. The molecule has 4 rings (SSSR count). The van der Waals surface area contributed by atoms with Crippen LogP contribution in [0.3, 0.4) is 0 Å². The summed E-state index contributed by atoms with van der Waals surface area (Å²) in [7, 11) is 0. The Morgan fingerprint density at radius 1 is 1.22 bits per heavy atom. The SMILES string of the molecule is CCCCCCCOC(=O)C[C@H](Cc1ncn2c1CCc1ccccc1-2)N1CC[C@H](N)C1. The van der Waals surface area contributed by atoms with Gasteiger partial charge in [0.05, 0.1) is 25.0 Å². The van der Waals surface area contributed by atoms with Crippen molar-refractivity contribution >= 4 is 5.97 Å². The Kier molecular flexibility index (Phi) is 7.98. The van der Waals surface area contributed by atoms with Gasteiger partial charge in [-0.3, -0.25) is 9.69 Å². The molecule has 174 valence electrons. The van der Waals surface area contributed by atoms with E-state index in [0.717, 1.165) is 57.3 Å². The first-order chi connectivity index (χ1) is 15.7. The molecule has 32 heavy (non-hydrogen) atoms. The van der Waals surface area contributed by atoms with Crippen molar-refractivity contribution in [2.75, 3.05) is 19.7 Å². The van der Waals surface area contributed by atoms with Crippen molar-refractivity contribution in [1.82, 2.24) is 14.5 Å². The standard InChI is InChI=1S/C26H38N4O2/c1-2-3-4-5-8-15-32-26(31)17-22(29-14-13-21(27)18-29)16-23-25-12-11-20-9-6-7-10-24(20)30(25)19-28-23/h6-7,9-10,19,21-22H,2-5,8,11-18,27H2,1H3/t21-,22-/m0/s1. The zero-order valence-corrected chi connectivity index (χ0v) is 19.5. The minimum absolute atomic E-state index is 0.0907. The van der Waals surface area contributed by atoms with Crippen LogP contribution in [0.25, 0.3) is 5.69 Å². The number of aromatic nitrogens is 2. The quantitative estimate of drug-likeness (QED) is 0.426. The molecule has 0 spiro atoms. The lowest BCUT2D eigenvalue weighted by atomic mass is 9.98. The molecule has 0 bridgehead atoms. The van der Waals surface area contributed by atoms with Crippen molar-refractivity contribution < 1.29 is 9.53 Å². The van der Waals surface area contributed by atoms with E-state index in [1.54, 1.807) is 0 Å². The fourth-order valence-corrected chi connectivity index (χ4v) is 5.11. The molecule has 2 atom stereocenters. The Morgan fingerprint density at radius 2 is 2.06 bits per heavy atom. The molecule has 2 N–H and O–H groups in total. The van der Waals surface area contributed by atoms with E-state index in [0.29, 0.717) is 13.0 Å². The van der Waals surface area contributed by atoms with Gasteiger partial charge < -0.3 is 15.0 Å². The molecule has 0 radical (unpaired) electrons. The van der Waals surface area contributed by atoms with E-state index in [2.05, 4.69) is 40.7 Å². The molecule has 2 aliphatic rings. The van der Waals surface area contributed by atoms with Crippen LogP contribution in [0.4, 0.5) is 0 Å². The number of unbranched alkanes of at least 4 members (excludes halogenated alkanes) is 4. The van der Waals surface area contributed by atoms with Crippen molar-refractivity contribution in [2.45, 2.75) is 83.2 Å². The lowest BCUT2D eigenvalue weighted by Crippen LogP contribution is -2.39. The number of carbonyl (C=O) groups is 1. The van der Waals surface area contributed by atoms with Crippen LogP contribution in [-0.2, 0) is 28.8 Å². The molecule has 2 aliphatic heterocycles. The first kappa shape index (κ1) is 23.0. The van der Waals surface area contributed by atoms with Gasteiger partial charge in [-0.05, 0) is 37.3 Å². The summed E-state index contributed by atoms with van der Waals surface area (Å²) in [4.78, 5) is 19.8. The Bertz CT molecular complexity index is 894. The van der Waals surface area contributed by atoms with Crippen LogP contribution < -0.4 is 5.73 Å². The highest BCUT2D eigenvalue weighted by Crippen LogP contribution is 2.28. The number of benzene rings is 1. The second kappa shape index (κ2) is 11.1. The Hall–Kier alpha value is -2.18. The minimum atomic E-state index is -0.0932. The van der Waals surface area contributed by atoms with Crippen molar-refractivity contribution in [2.24, 2.45) is 5.73 Å². The van der Waals surface area contributed by atoms with Crippen LogP contribution in [0.5, 0.6) is 0 Å². The van der Waals surface area contributed by atoms with Gasteiger partial charge >= 0.3 is 5.97 Å². The van der Waals surface area contributed by atoms with Crippen LogP contribution in [0.15, 0.2) is 30.6 Å². The Balaban J connectivity index is 1.40. The number of hydrogen-bond acceptors (Lipinski definition) is 5. The van der Waals surface area contributed by atoms with Gasteiger partial charge in [0.2, 0.25) is 0 Å².